The van der Waals surface area contributed by atoms with Gasteiger partial charge in [0.2, 0.25) is 0 Å². The molecule has 3 unspecified atom stereocenters. The Kier molecular flexibility index (Phi) is 24.2. The summed E-state index contributed by atoms with van der Waals surface area (Å²) in [6.07, 6.45) is 21.9. The Hall–Kier alpha value is -0.0700. The molecule has 0 aliphatic heterocycles. The molecule has 0 aliphatic carbocycles. The molecule has 0 spiro atoms. The predicted octanol–water partition coefficient (Wildman–Crippen LogP) is 9.13. The molecule has 0 aromatic heterocycles. The first-order valence-corrected chi connectivity index (χ1v) is 16.8. The summed E-state index contributed by atoms with van der Waals surface area (Å²) in [6.45, 7) is 6.78. The van der Waals surface area contributed by atoms with E-state index in [1.54, 1.807) is 6.92 Å². The van der Waals surface area contributed by atoms with E-state index >= 15 is 0 Å². The Labute approximate surface area is 220 Å². The molecule has 8 heteroatoms. The fourth-order valence-electron chi connectivity index (χ4n) is 3.95. The summed E-state index contributed by atoms with van der Waals surface area (Å²) in [5, 5.41) is 0.585. The van der Waals surface area contributed by atoms with E-state index in [1.165, 1.54) is 108 Å². The number of thioether (sulfide) groups is 1. The monoisotopic (exact) mass is 538 g/mol. The van der Waals surface area contributed by atoms with Crippen molar-refractivity contribution in [1.29, 1.82) is 0 Å². The Balaban J connectivity index is 4.21. The Morgan fingerprint density at radius 2 is 1.34 bits per heavy atom. The molecule has 0 aromatic rings. The molecule has 0 bridgehead atoms. The van der Waals surface area contributed by atoms with E-state index in [2.05, 4.69) is 30.3 Å². The van der Waals surface area contributed by atoms with Crippen molar-refractivity contribution in [3.8, 4) is 0 Å². The van der Waals surface area contributed by atoms with Crippen LogP contribution in [0.2, 0.25) is 0 Å². The van der Waals surface area contributed by atoms with Gasteiger partial charge in [-0.05, 0) is 31.9 Å². The van der Waals surface area contributed by atoms with Gasteiger partial charge in [-0.1, -0.05) is 104 Å². The topological polar surface area (TPSA) is 82.1 Å². The van der Waals surface area contributed by atoms with E-state index in [0.717, 1.165) is 13.5 Å². The third-order valence-corrected chi connectivity index (χ3v) is 8.82. The molecule has 210 valence electrons. The number of carbonyl (C=O) groups excluding carboxylic acids is 1. The minimum atomic E-state index is -4.40. The van der Waals surface area contributed by atoms with Crippen molar-refractivity contribution in [2.75, 3.05) is 26.1 Å². The first-order valence-electron chi connectivity index (χ1n) is 14.2. The van der Waals surface area contributed by atoms with Crippen LogP contribution in [0.15, 0.2) is 0 Å². The maximum atomic E-state index is 11.7. The second-order valence-electron chi connectivity index (χ2n) is 9.63. The lowest BCUT2D eigenvalue weighted by Crippen LogP contribution is -2.19. The molecule has 0 aliphatic rings. The Bertz CT molecular complexity index is 534. The van der Waals surface area contributed by atoms with Gasteiger partial charge in [0.1, 0.15) is 0 Å². The summed E-state index contributed by atoms with van der Waals surface area (Å²) in [4.78, 5) is 20.8. The average Bonchev–Trinajstić information content (AvgIpc) is 2.84. The number of hydrogen-bond acceptors (Lipinski definition) is 6. The van der Waals surface area contributed by atoms with Crippen LogP contribution in [0.1, 0.15) is 130 Å². The largest absolute Gasteiger partial charge is 0.460 e. The van der Waals surface area contributed by atoms with Crippen molar-refractivity contribution in [3.63, 3.8) is 0 Å². The normalized spacial score (nSPS) is 15.0. The molecule has 0 rings (SSSR count). The van der Waals surface area contributed by atoms with Gasteiger partial charge >= 0.3 is 13.3 Å². The number of methoxy groups -OCH3 is 1. The predicted molar refractivity (Wildman–Crippen MR) is 150 cm³/mol. The van der Waals surface area contributed by atoms with Crippen molar-refractivity contribution in [1.82, 2.24) is 0 Å². The zero-order valence-electron chi connectivity index (χ0n) is 23.1. The molecule has 35 heavy (non-hydrogen) atoms. The van der Waals surface area contributed by atoms with E-state index in [0.29, 0.717) is 11.9 Å². The number of hydrogen-bond donors (Lipinski definition) is 1. The van der Waals surface area contributed by atoms with Gasteiger partial charge in [0, 0.05) is 11.9 Å². The van der Waals surface area contributed by atoms with E-state index in [9.17, 15) is 14.3 Å². The highest BCUT2D eigenvalue weighted by Crippen LogP contribution is 2.43. The van der Waals surface area contributed by atoms with Crippen molar-refractivity contribution >= 4 is 25.1 Å². The lowest BCUT2D eigenvalue weighted by Gasteiger charge is -2.19. The van der Waals surface area contributed by atoms with Crippen LogP contribution in [-0.4, -0.2) is 48.0 Å². The van der Waals surface area contributed by atoms with Gasteiger partial charge < -0.3 is 14.4 Å². The Morgan fingerprint density at radius 1 is 0.829 bits per heavy atom. The van der Waals surface area contributed by atoms with Crippen LogP contribution < -0.4 is 0 Å². The molecular formula is C27H55O6PS. The van der Waals surface area contributed by atoms with Gasteiger partial charge in [-0.2, -0.15) is 11.8 Å². The summed E-state index contributed by atoms with van der Waals surface area (Å²) < 4.78 is 26.7. The molecular weight excluding hydrogens is 483 g/mol. The molecule has 1 N–H and O–H groups in total. The number of unbranched alkanes of at least 4 members (excludes halogenated alkanes) is 13. The summed E-state index contributed by atoms with van der Waals surface area (Å²) in [5.41, 5.74) is -1.24. The minimum absolute atomic E-state index is 0.114. The average molecular weight is 539 g/mol. The SMILES string of the molecule is CCCCCCCCCCSC(CCCCCCCCC)CCOC(C)COP(=O)(O)C(=O)OC. The molecule has 0 aromatic carbocycles. The molecule has 0 saturated heterocycles. The standard InChI is InChI=1S/C27H55O6PS/c1-5-7-9-11-13-15-17-19-23-35-26(20-18-16-14-12-10-8-6-2)21-22-32-25(3)24-33-34(29,30)27(28)31-4/h25-26H,5-24H2,1-4H3,(H,29,30). The summed E-state index contributed by atoms with van der Waals surface area (Å²) in [7, 11) is -3.33. The molecule has 0 fully saturated rings. The summed E-state index contributed by atoms with van der Waals surface area (Å²) in [5.74, 6) is 1.21. The zero-order valence-corrected chi connectivity index (χ0v) is 24.9. The quantitative estimate of drug-likeness (QED) is 0.0868. The van der Waals surface area contributed by atoms with Crippen LogP contribution in [0.5, 0.6) is 0 Å². The van der Waals surface area contributed by atoms with E-state index in [-0.39, 0.29) is 12.7 Å². The maximum Gasteiger partial charge on any atom is 0.435 e. The highest BCUT2D eigenvalue weighted by molar-refractivity contribution is 7.99. The molecule has 0 amide bonds. The van der Waals surface area contributed by atoms with Crippen LogP contribution in [0.3, 0.4) is 0 Å². The highest BCUT2D eigenvalue weighted by Gasteiger charge is 2.32. The van der Waals surface area contributed by atoms with Crippen LogP contribution in [0.4, 0.5) is 4.79 Å². The third-order valence-electron chi connectivity index (χ3n) is 6.21. The molecule has 0 radical (unpaired) electrons. The van der Waals surface area contributed by atoms with Crippen LogP contribution in [-0.2, 0) is 18.6 Å². The van der Waals surface area contributed by atoms with E-state index in [4.69, 9.17) is 9.26 Å². The van der Waals surface area contributed by atoms with Gasteiger partial charge in [0.05, 0.1) is 19.8 Å². The third kappa shape index (κ3) is 21.7. The van der Waals surface area contributed by atoms with Gasteiger partial charge in [0.15, 0.2) is 0 Å². The molecule has 6 nitrogen and oxygen atoms in total. The van der Waals surface area contributed by atoms with Gasteiger partial charge in [-0.3, -0.25) is 4.52 Å². The number of rotatable bonds is 26. The zero-order chi connectivity index (χ0) is 26.2. The van der Waals surface area contributed by atoms with Crippen molar-refractivity contribution in [3.05, 3.63) is 0 Å². The van der Waals surface area contributed by atoms with Gasteiger partial charge in [-0.25, -0.2) is 9.36 Å². The minimum Gasteiger partial charge on any atom is -0.460 e. The van der Waals surface area contributed by atoms with Crippen LogP contribution in [0.25, 0.3) is 0 Å². The molecule has 3 atom stereocenters. The Morgan fingerprint density at radius 3 is 1.89 bits per heavy atom. The first-order chi connectivity index (χ1) is 16.9. The molecule has 0 saturated carbocycles. The maximum absolute atomic E-state index is 11.7. The number of ether oxygens (including phenoxy) is 2. The second kappa shape index (κ2) is 24.3. The highest BCUT2D eigenvalue weighted by atomic mass is 32.2. The van der Waals surface area contributed by atoms with Crippen LogP contribution >= 0.6 is 19.4 Å². The van der Waals surface area contributed by atoms with Crippen molar-refractivity contribution in [2.45, 2.75) is 141 Å². The lowest BCUT2D eigenvalue weighted by atomic mass is 10.1. The second-order valence-corrected chi connectivity index (χ2v) is 12.7. The fraction of sp³-hybridized carbons (Fsp3) is 0.963. The van der Waals surface area contributed by atoms with Crippen molar-refractivity contribution in [2.24, 2.45) is 0 Å². The summed E-state index contributed by atoms with van der Waals surface area (Å²) >= 11 is 2.08. The first kappa shape index (κ1) is 34.9. The van der Waals surface area contributed by atoms with Crippen LogP contribution in [0, 0.1) is 0 Å². The van der Waals surface area contributed by atoms with Gasteiger partial charge in [-0.15, -0.1) is 0 Å². The van der Waals surface area contributed by atoms with E-state index in [1.807, 2.05) is 0 Å². The summed E-state index contributed by atoms with van der Waals surface area (Å²) in [6, 6.07) is 0. The lowest BCUT2D eigenvalue weighted by molar-refractivity contribution is 0.0277. The van der Waals surface area contributed by atoms with E-state index < -0.39 is 13.3 Å². The molecule has 0 heterocycles. The van der Waals surface area contributed by atoms with Gasteiger partial charge in [0.25, 0.3) is 0 Å². The van der Waals surface area contributed by atoms with Crippen molar-refractivity contribution < 1.29 is 28.3 Å². The number of carbonyl (C=O) groups is 1. The fourth-order valence-corrected chi connectivity index (χ4v) is 6.00. The smallest absolute Gasteiger partial charge is 0.435 e.